The molecule has 2 rings (SSSR count). The Kier molecular flexibility index (Phi) is 42.0. The van der Waals surface area contributed by atoms with Gasteiger partial charge in [-0.15, -0.1) is 0 Å². The highest BCUT2D eigenvalue weighted by atomic mass is 16.7. The Balaban J connectivity index is 2.35. The zero-order valence-electron chi connectivity index (χ0n) is 50.5. The van der Waals surface area contributed by atoms with E-state index in [0.29, 0.717) is 19.3 Å². The zero-order valence-corrected chi connectivity index (χ0v) is 50.5. The van der Waals surface area contributed by atoms with Crippen LogP contribution in [0.1, 0.15) is 272 Å². The van der Waals surface area contributed by atoms with Gasteiger partial charge in [-0.2, -0.15) is 0 Å². The molecule has 0 unspecified atom stereocenters. The number of hydrogen-bond donors (Lipinski definition) is 2. The lowest BCUT2D eigenvalue weighted by molar-refractivity contribution is -0.278. The number of carbonyl (C=O) groups excluding carboxylic acids is 7. The van der Waals surface area contributed by atoms with Gasteiger partial charge in [0.2, 0.25) is 11.8 Å². The molecule has 1 aliphatic heterocycles. The molecule has 16 heteroatoms. The lowest BCUT2D eigenvalue weighted by atomic mass is 9.95. The topological polar surface area (TPSA) is 208 Å². The molecule has 0 aliphatic carbocycles. The summed E-state index contributed by atoms with van der Waals surface area (Å²) in [7, 11) is 0. The number of benzene rings is 1. The molecule has 16 nitrogen and oxygen atoms in total. The van der Waals surface area contributed by atoms with Crippen LogP contribution in [0.15, 0.2) is 30.3 Å². The van der Waals surface area contributed by atoms with E-state index in [9.17, 15) is 33.6 Å². The SMILES string of the molecule is CCCCCCCCCCCCCC(=O)N[C@@H](CO[C@@H]1O[C@H](COC(C)=O)[C@@H](OC(C)=O)[C@H](OC(C)=O)[C@H]1NC(=O)C[C@@H](CCCCCCCCCCC)OC(=O)CCCCCCCCCCCCC)C(=O)OCc1ccccc1. The molecule has 80 heavy (non-hydrogen) atoms. The van der Waals surface area contributed by atoms with Gasteiger partial charge in [0.1, 0.15) is 31.5 Å². The van der Waals surface area contributed by atoms with Gasteiger partial charge in [0.15, 0.2) is 24.5 Å². The van der Waals surface area contributed by atoms with Crippen LogP contribution in [0.4, 0.5) is 0 Å². The van der Waals surface area contributed by atoms with Crippen LogP contribution >= 0.6 is 0 Å². The highest BCUT2D eigenvalue weighted by molar-refractivity contribution is 5.84. The van der Waals surface area contributed by atoms with Crippen LogP contribution in [-0.4, -0.2) is 97.7 Å². The van der Waals surface area contributed by atoms with E-state index in [0.717, 1.165) is 96.5 Å². The molecule has 0 aromatic heterocycles. The normalized spacial score (nSPS) is 17.6. The number of esters is 5. The third-order valence-corrected chi connectivity index (χ3v) is 14.6. The van der Waals surface area contributed by atoms with Crippen molar-refractivity contribution in [2.45, 2.75) is 316 Å². The van der Waals surface area contributed by atoms with E-state index >= 15 is 0 Å². The maximum Gasteiger partial charge on any atom is 0.331 e. The van der Waals surface area contributed by atoms with Crippen molar-refractivity contribution in [3.8, 4) is 0 Å². The number of amides is 2. The molecular weight excluding hydrogens is 1020 g/mol. The molecule has 7 atom stereocenters. The molecule has 2 N–H and O–H groups in total. The summed E-state index contributed by atoms with van der Waals surface area (Å²) in [5.41, 5.74) is 0.719. The molecule has 1 aromatic rings. The van der Waals surface area contributed by atoms with E-state index < -0.39 is 91.7 Å². The number of rotatable bonds is 49. The number of ether oxygens (including phenoxy) is 7. The van der Waals surface area contributed by atoms with Crippen molar-refractivity contribution in [3.63, 3.8) is 0 Å². The minimum atomic E-state index is -1.55. The zero-order chi connectivity index (χ0) is 58.4. The highest BCUT2D eigenvalue weighted by Crippen LogP contribution is 2.29. The third-order valence-electron chi connectivity index (χ3n) is 14.6. The molecule has 458 valence electrons. The third kappa shape index (κ3) is 36.0. The van der Waals surface area contributed by atoms with Crippen molar-refractivity contribution in [2.75, 3.05) is 13.2 Å². The quantitative estimate of drug-likeness (QED) is 0.0354. The molecule has 1 saturated heterocycles. The standard InChI is InChI=1S/C64H108N2O14/c1-7-10-13-16-19-22-24-27-30-33-39-44-57(70)65-55(63(73)75-47-53-41-36-35-37-42-53)48-76-64-60(62(78-52(6)69)61(77-51(5)68)56(80-64)49-74-50(4)67)66-58(71)46-54(43-38-32-29-26-21-18-15-12-9-3)79-59(72)45-40-34-31-28-25-23-20-17-14-11-8-2/h35-37,41-42,54-56,60-62,64H,7-34,38-40,43-49H2,1-6H3,(H,65,70)(H,66,71)/t54-,55+,56-,60-,61-,62-,64-/m1/s1. The van der Waals surface area contributed by atoms with Crippen molar-refractivity contribution >= 4 is 41.7 Å². The number of hydrogen-bond acceptors (Lipinski definition) is 14. The number of nitrogens with one attached hydrogen (secondary N) is 2. The van der Waals surface area contributed by atoms with E-state index in [4.69, 9.17) is 33.2 Å². The summed E-state index contributed by atoms with van der Waals surface area (Å²) < 4.78 is 41.3. The molecule has 0 radical (unpaired) electrons. The molecule has 0 bridgehead atoms. The predicted molar refractivity (Wildman–Crippen MR) is 311 cm³/mol. The van der Waals surface area contributed by atoms with Crippen LogP contribution in [0.5, 0.6) is 0 Å². The number of carbonyl (C=O) groups is 7. The van der Waals surface area contributed by atoms with Crippen LogP contribution in [-0.2, 0) is 73.3 Å². The summed E-state index contributed by atoms with van der Waals surface area (Å²) >= 11 is 0. The summed E-state index contributed by atoms with van der Waals surface area (Å²) in [6, 6.07) is 6.30. The average Bonchev–Trinajstić information content (AvgIpc) is 3.56. The molecule has 0 spiro atoms. The van der Waals surface area contributed by atoms with E-state index in [1.807, 2.05) is 18.2 Å². The fourth-order valence-corrected chi connectivity index (χ4v) is 10.1. The molecule has 1 aliphatic rings. The van der Waals surface area contributed by atoms with Gasteiger partial charge in [-0.25, -0.2) is 4.79 Å². The van der Waals surface area contributed by atoms with Crippen LogP contribution in [0.2, 0.25) is 0 Å². The average molecular weight is 1130 g/mol. The summed E-state index contributed by atoms with van der Waals surface area (Å²) in [5.74, 6) is -4.42. The molecule has 0 saturated carbocycles. The van der Waals surface area contributed by atoms with Crippen molar-refractivity contribution in [3.05, 3.63) is 35.9 Å². The van der Waals surface area contributed by atoms with Gasteiger partial charge in [0.25, 0.3) is 0 Å². The Morgan fingerprint density at radius 2 is 0.988 bits per heavy atom. The predicted octanol–water partition coefficient (Wildman–Crippen LogP) is 13.5. The van der Waals surface area contributed by atoms with Gasteiger partial charge in [0.05, 0.1) is 13.0 Å². The summed E-state index contributed by atoms with van der Waals surface area (Å²) in [6.45, 7) is 9.03. The Labute approximate surface area is 482 Å². The first-order valence-corrected chi connectivity index (χ1v) is 31.5. The van der Waals surface area contributed by atoms with Gasteiger partial charge in [-0.3, -0.25) is 28.8 Å². The van der Waals surface area contributed by atoms with Crippen LogP contribution < -0.4 is 10.6 Å². The lowest BCUT2D eigenvalue weighted by Gasteiger charge is -2.45. The first-order valence-electron chi connectivity index (χ1n) is 31.5. The lowest BCUT2D eigenvalue weighted by Crippen LogP contribution is -2.67. The molecule has 1 heterocycles. The minimum Gasteiger partial charge on any atom is -0.463 e. The van der Waals surface area contributed by atoms with E-state index in [2.05, 4.69) is 31.4 Å². The van der Waals surface area contributed by atoms with E-state index in [-0.39, 0.29) is 31.8 Å². The second kappa shape index (κ2) is 47.0. The fraction of sp³-hybridized carbons (Fsp3) is 0.797. The van der Waals surface area contributed by atoms with Crippen molar-refractivity contribution in [1.82, 2.24) is 10.6 Å². The summed E-state index contributed by atoms with van der Waals surface area (Å²) in [6.07, 6.45) is 28.6. The minimum absolute atomic E-state index is 0.0869. The van der Waals surface area contributed by atoms with Crippen LogP contribution in [0.25, 0.3) is 0 Å². The molecule has 1 aromatic carbocycles. The fourth-order valence-electron chi connectivity index (χ4n) is 10.1. The first-order chi connectivity index (χ1) is 38.8. The van der Waals surface area contributed by atoms with Crippen LogP contribution in [0.3, 0.4) is 0 Å². The second-order valence-electron chi connectivity index (χ2n) is 22.1. The van der Waals surface area contributed by atoms with Gasteiger partial charge >= 0.3 is 29.8 Å². The monoisotopic (exact) mass is 1130 g/mol. The van der Waals surface area contributed by atoms with Gasteiger partial charge in [-0.1, -0.05) is 231 Å². The van der Waals surface area contributed by atoms with Crippen molar-refractivity contribution in [2.24, 2.45) is 0 Å². The highest BCUT2D eigenvalue weighted by Gasteiger charge is 2.52. The van der Waals surface area contributed by atoms with Crippen molar-refractivity contribution in [1.29, 1.82) is 0 Å². The van der Waals surface area contributed by atoms with Gasteiger partial charge in [-0.05, 0) is 31.2 Å². The van der Waals surface area contributed by atoms with Gasteiger partial charge in [0, 0.05) is 33.6 Å². The van der Waals surface area contributed by atoms with E-state index in [1.165, 1.54) is 116 Å². The second-order valence-corrected chi connectivity index (χ2v) is 22.1. The molecular formula is C64H108N2O14. The Morgan fingerprint density at radius 1 is 0.525 bits per heavy atom. The Bertz CT molecular complexity index is 1810. The smallest absolute Gasteiger partial charge is 0.331 e. The first kappa shape index (κ1) is 71.5. The van der Waals surface area contributed by atoms with E-state index in [1.54, 1.807) is 12.1 Å². The largest absolute Gasteiger partial charge is 0.463 e. The maximum atomic E-state index is 14.4. The molecule has 2 amide bonds. The Morgan fingerprint density at radius 3 is 1.48 bits per heavy atom. The summed E-state index contributed by atoms with van der Waals surface area (Å²) in [4.78, 5) is 93.0. The van der Waals surface area contributed by atoms with Crippen molar-refractivity contribution < 1.29 is 66.7 Å². The van der Waals surface area contributed by atoms with Gasteiger partial charge < -0.3 is 43.8 Å². The number of unbranched alkanes of at least 4 members (excludes halogenated alkanes) is 28. The maximum absolute atomic E-state index is 14.4. The molecule has 1 fully saturated rings. The Hall–Kier alpha value is -4.57. The van der Waals surface area contributed by atoms with Crippen LogP contribution in [0, 0.1) is 0 Å². The summed E-state index contributed by atoms with van der Waals surface area (Å²) in [5, 5.41) is 5.67.